The van der Waals surface area contributed by atoms with Crippen LogP contribution in [-0.2, 0) is 10.0 Å². The summed E-state index contributed by atoms with van der Waals surface area (Å²) in [7, 11) is -4.05. The molecule has 0 saturated carbocycles. The largest absolute Gasteiger partial charge is 0.477 e. The average molecular weight is 415 g/mol. The van der Waals surface area contributed by atoms with Crippen molar-refractivity contribution in [1.82, 2.24) is 0 Å². The van der Waals surface area contributed by atoms with Gasteiger partial charge in [0.15, 0.2) is 0 Å². The minimum atomic E-state index is -4.05. The van der Waals surface area contributed by atoms with Crippen molar-refractivity contribution in [3.05, 3.63) is 43.8 Å². The quantitative estimate of drug-likeness (QED) is 0.797. The molecule has 1 heterocycles. The van der Waals surface area contributed by atoms with Crippen LogP contribution in [0.25, 0.3) is 0 Å². The number of halogens is 3. The third-order valence-electron chi connectivity index (χ3n) is 2.33. The van der Waals surface area contributed by atoms with Crippen molar-refractivity contribution in [2.75, 3.05) is 4.72 Å². The van der Waals surface area contributed by atoms with E-state index in [1.165, 1.54) is 12.1 Å². The van der Waals surface area contributed by atoms with E-state index in [9.17, 15) is 17.6 Å². The van der Waals surface area contributed by atoms with Crippen LogP contribution in [-0.4, -0.2) is 19.5 Å². The van der Waals surface area contributed by atoms with E-state index in [1.807, 2.05) is 0 Å². The van der Waals surface area contributed by atoms with Crippen LogP contribution in [0.15, 0.2) is 32.9 Å². The molecule has 0 bridgehead atoms. The van der Waals surface area contributed by atoms with E-state index in [0.29, 0.717) is 0 Å². The number of nitrogens with one attached hydrogen (secondary N) is 1. The maximum absolute atomic E-state index is 13.3. The van der Waals surface area contributed by atoms with Gasteiger partial charge in [-0.05, 0) is 40.2 Å². The second-order valence-electron chi connectivity index (χ2n) is 3.79. The van der Waals surface area contributed by atoms with Gasteiger partial charge in [-0.3, -0.25) is 4.72 Å². The average Bonchev–Trinajstić information content (AvgIpc) is 2.77. The smallest absolute Gasteiger partial charge is 0.345 e. The number of sulfonamides is 1. The van der Waals surface area contributed by atoms with Crippen molar-refractivity contribution in [2.45, 2.75) is 4.90 Å². The normalized spacial score (nSPS) is 11.4. The monoisotopic (exact) mass is 413 g/mol. The van der Waals surface area contributed by atoms with E-state index in [0.717, 1.165) is 23.5 Å². The minimum Gasteiger partial charge on any atom is -0.477 e. The Bertz CT molecular complexity index is 822. The fraction of sp³-hybridized carbons (Fsp3) is 0. The number of thiophene rings is 1. The highest BCUT2D eigenvalue weighted by molar-refractivity contribution is 9.11. The number of hydrogen-bond acceptors (Lipinski definition) is 4. The zero-order chi connectivity index (χ0) is 15.8. The first-order valence-corrected chi connectivity index (χ1v) is 8.68. The highest BCUT2D eigenvalue weighted by atomic mass is 79.9. The van der Waals surface area contributed by atoms with Crippen LogP contribution in [0.5, 0.6) is 0 Å². The molecule has 0 unspecified atom stereocenters. The first-order chi connectivity index (χ1) is 9.70. The zero-order valence-corrected chi connectivity index (χ0v) is 13.9. The molecule has 21 heavy (non-hydrogen) atoms. The maximum atomic E-state index is 13.3. The van der Waals surface area contributed by atoms with Gasteiger partial charge in [-0.25, -0.2) is 17.6 Å². The molecule has 0 spiro atoms. The summed E-state index contributed by atoms with van der Waals surface area (Å²) in [4.78, 5) is 10.5. The van der Waals surface area contributed by atoms with E-state index in [4.69, 9.17) is 16.7 Å². The molecule has 1 aromatic heterocycles. The van der Waals surface area contributed by atoms with Gasteiger partial charge in [0.1, 0.15) is 15.6 Å². The van der Waals surface area contributed by atoms with Crippen LogP contribution in [0, 0.1) is 5.82 Å². The molecule has 112 valence electrons. The summed E-state index contributed by atoms with van der Waals surface area (Å²) in [5.41, 5.74) is -0.0214. The van der Waals surface area contributed by atoms with E-state index < -0.39 is 21.8 Å². The number of carboxylic acid groups (broad SMARTS) is 1. The fourth-order valence-corrected chi connectivity index (χ4v) is 4.98. The molecule has 2 aromatic rings. The molecule has 0 saturated heterocycles. The van der Waals surface area contributed by atoms with Crippen molar-refractivity contribution < 1.29 is 22.7 Å². The summed E-state index contributed by atoms with van der Waals surface area (Å²) in [6.07, 6.45) is 0. The number of hydrogen-bond donors (Lipinski definition) is 2. The highest BCUT2D eigenvalue weighted by Crippen LogP contribution is 2.33. The van der Waals surface area contributed by atoms with Crippen LogP contribution in [0.3, 0.4) is 0 Å². The second kappa shape index (κ2) is 5.91. The molecule has 0 aliphatic carbocycles. The van der Waals surface area contributed by atoms with Gasteiger partial charge < -0.3 is 5.11 Å². The lowest BCUT2D eigenvalue weighted by Crippen LogP contribution is -2.12. The van der Waals surface area contributed by atoms with Crippen molar-refractivity contribution in [3.8, 4) is 0 Å². The van der Waals surface area contributed by atoms with Gasteiger partial charge >= 0.3 is 5.97 Å². The van der Waals surface area contributed by atoms with Crippen molar-refractivity contribution in [1.29, 1.82) is 0 Å². The Labute approximate surface area is 136 Å². The van der Waals surface area contributed by atoms with E-state index >= 15 is 0 Å². The molecule has 0 aliphatic heterocycles. The Hall–Kier alpha value is -1.16. The number of carbonyl (C=O) groups is 1. The Balaban J connectivity index is 2.38. The molecule has 2 N–H and O–H groups in total. The lowest BCUT2D eigenvalue weighted by molar-refractivity contribution is 0.0702. The molecule has 5 nitrogen and oxygen atoms in total. The van der Waals surface area contributed by atoms with E-state index in [2.05, 4.69) is 20.7 Å². The standard InChI is InChI=1S/C11H6BrClFNO4S2/c12-10-9(4-8(20-10)11(16)17)21(18,19)15-5-1-2-6(13)7(14)3-5/h1-4,15H,(H,16,17). The summed E-state index contributed by atoms with van der Waals surface area (Å²) in [5.74, 6) is -2.01. The van der Waals surface area contributed by atoms with Crippen LogP contribution < -0.4 is 4.72 Å². The van der Waals surface area contributed by atoms with Crippen molar-refractivity contribution >= 4 is 60.5 Å². The van der Waals surface area contributed by atoms with Crippen LogP contribution in [0.2, 0.25) is 5.02 Å². The number of benzene rings is 1. The van der Waals surface area contributed by atoms with E-state index in [1.54, 1.807) is 0 Å². The molecular weight excluding hydrogens is 409 g/mol. The Morgan fingerprint density at radius 2 is 2.05 bits per heavy atom. The lowest BCUT2D eigenvalue weighted by atomic mass is 10.3. The second-order valence-corrected chi connectivity index (χ2v) is 8.22. The molecule has 0 fully saturated rings. The van der Waals surface area contributed by atoms with Crippen LogP contribution >= 0.6 is 38.9 Å². The van der Waals surface area contributed by atoms with Gasteiger partial charge in [0, 0.05) is 0 Å². The number of anilines is 1. The van der Waals surface area contributed by atoms with Gasteiger partial charge in [-0.15, -0.1) is 11.3 Å². The minimum absolute atomic E-state index is 0.0214. The topological polar surface area (TPSA) is 83.5 Å². The summed E-state index contributed by atoms with van der Waals surface area (Å²) in [6.45, 7) is 0. The molecule has 2 rings (SSSR count). The lowest BCUT2D eigenvalue weighted by Gasteiger charge is -2.07. The fourth-order valence-electron chi connectivity index (χ4n) is 1.41. The van der Waals surface area contributed by atoms with Gasteiger partial charge in [0.05, 0.1) is 14.5 Å². The SMILES string of the molecule is O=C(O)c1cc(S(=O)(=O)Nc2ccc(Cl)c(F)c2)c(Br)s1. The first-order valence-electron chi connectivity index (χ1n) is 5.21. The van der Waals surface area contributed by atoms with Gasteiger partial charge in [-0.1, -0.05) is 11.6 Å². The van der Waals surface area contributed by atoms with Crippen LogP contribution in [0.1, 0.15) is 9.67 Å². The molecule has 0 atom stereocenters. The molecule has 0 amide bonds. The Morgan fingerprint density at radius 1 is 1.38 bits per heavy atom. The van der Waals surface area contributed by atoms with Crippen molar-refractivity contribution in [2.24, 2.45) is 0 Å². The van der Waals surface area contributed by atoms with Gasteiger partial charge in [0.25, 0.3) is 10.0 Å². The molecular formula is C11H6BrClFNO4S2. The summed E-state index contributed by atoms with van der Waals surface area (Å²) in [5, 5.41) is 8.72. The van der Waals surface area contributed by atoms with Crippen molar-refractivity contribution in [3.63, 3.8) is 0 Å². The predicted molar refractivity (Wildman–Crippen MR) is 81.2 cm³/mol. The molecule has 1 aromatic carbocycles. The van der Waals surface area contributed by atoms with Crippen LogP contribution in [0.4, 0.5) is 10.1 Å². The molecule has 10 heteroatoms. The van der Waals surface area contributed by atoms with E-state index in [-0.39, 0.29) is 24.3 Å². The summed E-state index contributed by atoms with van der Waals surface area (Å²) < 4.78 is 39.9. The predicted octanol–water partition coefficient (Wildman–Crippen LogP) is 3.80. The van der Waals surface area contributed by atoms with Gasteiger partial charge in [0.2, 0.25) is 0 Å². The maximum Gasteiger partial charge on any atom is 0.345 e. The molecule has 0 aliphatic rings. The zero-order valence-electron chi connectivity index (χ0n) is 9.93. The third kappa shape index (κ3) is 3.54. The number of rotatable bonds is 4. The Kier molecular flexibility index (Phi) is 4.57. The summed E-state index contributed by atoms with van der Waals surface area (Å²) >= 11 is 9.28. The van der Waals surface area contributed by atoms with Gasteiger partial charge in [-0.2, -0.15) is 0 Å². The third-order valence-corrected chi connectivity index (χ3v) is 6.26. The number of carboxylic acids is 1. The molecule has 0 radical (unpaired) electrons. The first kappa shape index (κ1) is 16.2. The Morgan fingerprint density at radius 3 is 2.57 bits per heavy atom. The summed E-state index contributed by atoms with van der Waals surface area (Å²) in [6, 6.07) is 4.45. The number of aromatic carboxylic acids is 1. The highest BCUT2D eigenvalue weighted by Gasteiger charge is 2.23.